The topological polar surface area (TPSA) is 61.0 Å². The summed E-state index contributed by atoms with van der Waals surface area (Å²) in [6.07, 6.45) is 3.32. The van der Waals surface area contributed by atoms with Crippen LogP contribution in [0.1, 0.15) is 11.4 Å². The third-order valence-corrected chi connectivity index (χ3v) is 2.72. The molecule has 5 nitrogen and oxygen atoms in total. The maximum Gasteiger partial charge on any atom is 0.304 e. The summed E-state index contributed by atoms with van der Waals surface area (Å²) in [5.41, 5.74) is 0.0874. The molecule has 1 heterocycles. The second kappa shape index (κ2) is 5.14. The lowest BCUT2D eigenvalue weighted by molar-refractivity contribution is -0.387. The highest BCUT2D eigenvalue weighted by molar-refractivity contribution is 6.16. The lowest BCUT2D eigenvalue weighted by Gasteiger charge is -2.06. The maximum absolute atomic E-state index is 13.4. The summed E-state index contributed by atoms with van der Waals surface area (Å²) in [6, 6.07) is 3.82. The number of alkyl halides is 1. The van der Waals surface area contributed by atoms with Crippen molar-refractivity contribution in [2.75, 3.05) is 0 Å². The summed E-state index contributed by atoms with van der Waals surface area (Å²) in [5, 5.41) is 10.5. The van der Waals surface area contributed by atoms with E-state index in [2.05, 4.69) is 4.98 Å². The first-order valence-corrected chi connectivity index (χ1v) is 5.64. The molecule has 0 unspecified atom stereocenters. The van der Waals surface area contributed by atoms with Crippen molar-refractivity contribution in [3.63, 3.8) is 0 Å². The monoisotopic (exact) mass is 269 g/mol. The molecule has 0 atom stereocenters. The van der Waals surface area contributed by atoms with Crippen LogP contribution < -0.4 is 0 Å². The highest BCUT2D eigenvalue weighted by Gasteiger charge is 2.14. The van der Waals surface area contributed by atoms with E-state index in [9.17, 15) is 14.5 Å². The molecule has 0 aliphatic carbocycles. The smallest absolute Gasteiger partial charge is 0.304 e. The SMILES string of the molecule is O=[N+]([O-])c1ccc(Cn2ccnc2CCl)cc1F. The summed E-state index contributed by atoms with van der Waals surface area (Å²) in [4.78, 5) is 13.8. The Hall–Kier alpha value is -1.95. The van der Waals surface area contributed by atoms with E-state index in [1.54, 1.807) is 17.0 Å². The van der Waals surface area contributed by atoms with Gasteiger partial charge in [-0.15, -0.1) is 11.6 Å². The van der Waals surface area contributed by atoms with Crippen LogP contribution in [0.4, 0.5) is 10.1 Å². The molecule has 0 N–H and O–H groups in total. The van der Waals surface area contributed by atoms with Gasteiger partial charge in [0.25, 0.3) is 0 Å². The molecule has 1 aromatic carbocycles. The third kappa shape index (κ3) is 2.48. The van der Waals surface area contributed by atoms with Crippen molar-refractivity contribution in [2.24, 2.45) is 0 Å². The van der Waals surface area contributed by atoms with E-state index < -0.39 is 16.4 Å². The lowest BCUT2D eigenvalue weighted by atomic mass is 10.2. The van der Waals surface area contributed by atoms with Crippen molar-refractivity contribution in [3.8, 4) is 0 Å². The number of halogens is 2. The molecule has 0 saturated carbocycles. The first-order chi connectivity index (χ1) is 8.61. The second-order valence-corrected chi connectivity index (χ2v) is 3.92. The molecule has 1 aromatic heterocycles. The Balaban J connectivity index is 2.25. The van der Waals surface area contributed by atoms with Gasteiger partial charge in [0, 0.05) is 25.0 Å². The predicted octanol–water partition coefficient (Wildman–Crippen LogP) is 2.72. The zero-order valence-electron chi connectivity index (χ0n) is 9.22. The highest BCUT2D eigenvalue weighted by atomic mass is 35.5. The third-order valence-electron chi connectivity index (χ3n) is 2.48. The van der Waals surface area contributed by atoms with Crippen molar-refractivity contribution >= 4 is 17.3 Å². The first-order valence-electron chi connectivity index (χ1n) is 5.10. The van der Waals surface area contributed by atoms with Gasteiger partial charge in [-0.25, -0.2) is 4.98 Å². The zero-order chi connectivity index (χ0) is 13.1. The van der Waals surface area contributed by atoms with Crippen LogP contribution in [0.2, 0.25) is 0 Å². The number of hydrogen-bond acceptors (Lipinski definition) is 3. The number of nitro groups is 1. The molecule has 0 bridgehead atoms. The van der Waals surface area contributed by atoms with Crippen LogP contribution >= 0.6 is 11.6 Å². The summed E-state index contributed by atoms with van der Waals surface area (Å²) < 4.78 is 15.2. The first kappa shape index (κ1) is 12.5. The van der Waals surface area contributed by atoms with Crippen LogP contribution in [0.3, 0.4) is 0 Å². The number of hydrogen-bond donors (Lipinski definition) is 0. The van der Waals surface area contributed by atoms with Crippen LogP contribution in [0.5, 0.6) is 0 Å². The number of benzene rings is 1. The minimum atomic E-state index is -0.843. The number of nitrogens with zero attached hydrogens (tertiary/aromatic N) is 3. The largest absolute Gasteiger partial charge is 0.330 e. The molecule has 0 saturated heterocycles. The lowest BCUT2D eigenvalue weighted by Crippen LogP contribution is -2.03. The van der Waals surface area contributed by atoms with Crippen molar-refractivity contribution in [2.45, 2.75) is 12.4 Å². The fraction of sp³-hybridized carbons (Fsp3) is 0.182. The Morgan fingerprint density at radius 2 is 2.28 bits per heavy atom. The summed E-state index contributed by atoms with van der Waals surface area (Å²) in [6.45, 7) is 0.372. The van der Waals surface area contributed by atoms with Crippen molar-refractivity contribution < 1.29 is 9.31 Å². The Morgan fingerprint density at radius 3 is 2.89 bits per heavy atom. The molecule has 2 rings (SSSR count). The van der Waals surface area contributed by atoms with E-state index in [0.717, 1.165) is 12.1 Å². The maximum atomic E-state index is 13.4. The standard InChI is InChI=1S/C11H9ClFN3O2/c12-6-11-14-3-4-15(11)7-8-1-2-10(16(17)18)9(13)5-8/h1-5H,6-7H2. The van der Waals surface area contributed by atoms with Gasteiger partial charge in [-0.3, -0.25) is 10.1 Å². The molecule has 0 radical (unpaired) electrons. The minimum absolute atomic E-state index is 0.252. The molecular weight excluding hydrogens is 261 g/mol. The van der Waals surface area contributed by atoms with Crippen LogP contribution in [0.25, 0.3) is 0 Å². The van der Waals surface area contributed by atoms with E-state index in [1.165, 1.54) is 6.07 Å². The van der Waals surface area contributed by atoms with Gasteiger partial charge >= 0.3 is 5.69 Å². The number of imidazole rings is 1. The number of aromatic nitrogens is 2. The Bertz CT molecular complexity index is 585. The van der Waals surface area contributed by atoms with Gasteiger partial charge in [0.15, 0.2) is 0 Å². The van der Waals surface area contributed by atoms with Crippen LogP contribution in [0, 0.1) is 15.9 Å². The summed E-state index contributed by atoms with van der Waals surface area (Å²) in [5.74, 6) is 0.0723. The number of nitro benzene ring substituents is 1. The minimum Gasteiger partial charge on any atom is -0.330 e. The van der Waals surface area contributed by atoms with Crippen LogP contribution in [-0.2, 0) is 12.4 Å². The zero-order valence-corrected chi connectivity index (χ0v) is 9.97. The Morgan fingerprint density at radius 1 is 1.50 bits per heavy atom. The normalized spacial score (nSPS) is 10.6. The van der Waals surface area contributed by atoms with E-state index in [4.69, 9.17) is 11.6 Å². The predicted molar refractivity (Wildman–Crippen MR) is 63.9 cm³/mol. The fourth-order valence-corrected chi connectivity index (χ4v) is 1.83. The quantitative estimate of drug-likeness (QED) is 0.487. The Labute approximate surface area is 107 Å². The molecule has 7 heteroatoms. The van der Waals surface area contributed by atoms with Gasteiger partial charge in [0.05, 0.1) is 10.8 Å². The summed E-state index contributed by atoms with van der Waals surface area (Å²) >= 11 is 5.69. The van der Waals surface area contributed by atoms with Gasteiger partial charge in [0.2, 0.25) is 5.82 Å². The average Bonchev–Trinajstić information content (AvgIpc) is 2.76. The van der Waals surface area contributed by atoms with E-state index in [-0.39, 0.29) is 5.88 Å². The van der Waals surface area contributed by atoms with Crippen molar-refractivity contribution in [3.05, 3.63) is 57.9 Å². The summed E-state index contributed by atoms with van der Waals surface area (Å²) in [7, 11) is 0. The van der Waals surface area contributed by atoms with Gasteiger partial charge in [-0.05, 0) is 11.6 Å². The van der Waals surface area contributed by atoms with Crippen molar-refractivity contribution in [1.82, 2.24) is 9.55 Å². The fourth-order valence-electron chi connectivity index (χ4n) is 1.61. The van der Waals surface area contributed by atoms with E-state index >= 15 is 0 Å². The van der Waals surface area contributed by atoms with Crippen LogP contribution in [-0.4, -0.2) is 14.5 Å². The van der Waals surface area contributed by atoms with E-state index in [1.807, 2.05) is 0 Å². The van der Waals surface area contributed by atoms with Gasteiger partial charge in [0.1, 0.15) is 5.82 Å². The second-order valence-electron chi connectivity index (χ2n) is 3.65. The number of rotatable bonds is 4. The molecule has 2 aromatic rings. The Kier molecular flexibility index (Phi) is 3.57. The van der Waals surface area contributed by atoms with Gasteiger partial charge < -0.3 is 4.57 Å². The molecular formula is C11H9ClFN3O2. The molecule has 0 spiro atoms. The molecule has 0 aliphatic heterocycles. The van der Waals surface area contributed by atoms with Gasteiger partial charge in [-0.2, -0.15) is 4.39 Å². The van der Waals surface area contributed by atoms with Gasteiger partial charge in [-0.1, -0.05) is 6.07 Å². The van der Waals surface area contributed by atoms with E-state index in [0.29, 0.717) is 17.9 Å². The molecule has 0 fully saturated rings. The molecule has 94 valence electrons. The molecule has 0 aliphatic rings. The molecule has 18 heavy (non-hydrogen) atoms. The average molecular weight is 270 g/mol. The van der Waals surface area contributed by atoms with Crippen molar-refractivity contribution in [1.29, 1.82) is 0 Å². The molecule has 0 amide bonds. The highest BCUT2D eigenvalue weighted by Crippen LogP contribution is 2.19. The van der Waals surface area contributed by atoms with Crippen LogP contribution in [0.15, 0.2) is 30.6 Å².